The van der Waals surface area contributed by atoms with Crippen molar-refractivity contribution in [3.05, 3.63) is 12.2 Å². The van der Waals surface area contributed by atoms with E-state index in [-0.39, 0.29) is 16.9 Å². The highest BCUT2D eigenvalue weighted by atomic mass is 16.3. The molecule has 2 nitrogen and oxygen atoms in total. The van der Waals surface area contributed by atoms with Gasteiger partial charge in [0.15, 0.2) is 0 Å². The third kappa shape index (κ3) is 2.60. The molecule has 0 saturated heterocycles. The second-order valence-corrected chi connectivity index (χ2v) is 14.4. The van der Waals surface area contributed by atoms with Crippen LogP contribution >= 0.6 is 0 Å². The van der Waals surface area contributed by atoms with Crippen molar-refractivity contribution in [3.8, 4) is 0 Å². The van der Waals surface area contributed by atoms with E-state index >= 15 is 0 Å². The highest BCUT2D eigenvalue weighted by Crippen LogP contribution is 2.77. The molecular formula is C30H48O2. The monoisotopic (exact) mass is 440 g/mol. The number of fused-ring (bicyclic) bond motifs is 7. The molecule has 5 fully saturated rings. The van der Waals surface area contributed by atoms with E-state index in [1.165, 1.54) is 50.4 Å². The molecule has 0 heterocycles. The highest BCUT2D eigenvalue weighted by Gasteiger charge is 2.70. The molecule has 5 rings (SSSR count). The minimum Gasteiger partial charge on any atom is -0.393 e. The topological polar surface area (TPSA) is 37.3 Å². The molecule has 0 aliphatic heterocycles. The van der Waals surface area contributed by atoms with Gasteiger partial charge in [0, 0.05) is 5.41 Å². The molecule has 0 aromatic rings. The van der Waals surface area contributed by atoms with Crippen LogP contribution in [0.1, 0.15) is 106 Å². The maximum atomic E-state index is 12.6. The van der Waals surface area contributed by atoms with Crippen LogP contribution in [0.4, 0.5) is 0 Å². The standard InChI is InChI=1S/C30H48O2/c1-19(2)20-10-15-30(18-31)17-16-28(6)21(25(20)30)8-9-23-27(5)13-12-24(32)26(3,4)22(27)11-14-29(23,28)7/h18,20-25,32H,1,8-17H2,2-7H3/t20-,21?,22-,23+,24-,25+,27-,28+,29+,30+/m0/s1. The summed E-state index contributed by atoms with van der Waals surface area (Å²) in [6, 6.07) is 0. The summed E-state index contributed by atoms with van der Waals surface area (Å²) in [5.74, 6) is 3.03. The van der Waals surface area contributed by atoms with Crippen LogP contribution in [0.5, 0.6) is 0 Å². The lowest BCUT2D eigenvalue weighted by Gasteiger charge is -2.72. The van der Waals surface area contributed by atoms with Crippen molar-refractivity contribution in [2.75, 3.05) is 0 Å². The van der Waals surface area contributed by atoms with Gasteiger partial charge in [-0.05, 0) is 122 Å². The van der Waals surface area contributed by atoms with Gasteiger partial charge in [-0.25, -0.2) is 0 Å². The van der Waals surface area contributed by atoms with E-state index < -0.39 is 0 Å². The van der Waals surface area contributed by atoms with E-state index in [9.17, 15) is 9.90 Å². The Hall–Kier alpha value is -0.630. The molecule has 32 heavy (non-hydrogen) atoms. The molecule has 180 valence electrons. The fraction of sp³-hybridized carbons (Fsp3) is 0.900. The molecule has 0 aromatic carbocycles. The van der Waals surface area contributed by atoms with Crippen molar-refractivity contribution in [3.63, 3.8) is 0 Å². The number of aliphatic hydroxyl groups excluding tert-OH is 1. The normalized spacial score (nSPS) is 56.3. The third-order valence-corrected chi connectivity index (χ3v) is 13.3. The van der Waals surface area contributed by atoms with Crippen molar-refractivity contribution in [2.45, 2.75) is 112 Å². The molecule has 1 unspecified atom stereocenters. The summed E-state index contributed by atoms with van der Waals surface area (Å²) in [7, 11) is 0. The Morgan fingerprint density at radius 1 is 0.844 bits per heavy atom. The van der Waals surface area contributed by atoms with Gasteiger partial charge in [-0.2, -0.15) is 0 Å². The van der Waals surface area contributed by atoms with Crippen LogP contribution in [0.25, 0.3) is 0 Å². The van der Waals surface area contributed by atoms with Crippen LogP contribution in [0.15, 0.2) is 12.2 Å². The second kappa shape index (κ2) is 6.96. The Labute approximate surface area is 197 Å². The summed E-state index contributed by atoms with van der Waals surface area (Å²) < 4.78 is 0. The number of hydrogen-bond acceptors (Lipinski definition) is 2. The quantitative estimate of drug-likeness (QED) is 0.364. The van der Waals surface area contributed by atoms with E-state index in [0.717, 1.165) is 31.6 Å². The van der Waals surface area contributed by atoms with E-state index in [2.05, 4.69) is 48.1 Å². The smallest absolute Gasteiger partial charge is 0.126 e. The Kier molecular flexibility index (Phi) is 5.03. The maximum Gasteiger partial charge on any atom is 0.126 e. The van der Waals surface area contributed by atoms with Crippen LogP contribution in [-0.2, 0) is 4.79 Å². The molecule has 2 heteroatoms. The molecule has 10 atom stereocenters. The van der Waals surface area contributed by atoms with Crippen molar-refractivity contribution in [2.24, 2.45) is 56.7 Å². The molecule has 5 aliphatic rings. The average molecular weight is 441 g/mol. The molecule has 0 aromatic heterocycles. The Morgan fingerprint density at radius 2 is 1.56 bits per heavy atom. The summed E-state index contributed by atoms with van der Waals surface area (Å²) >= 11 is 0. The van der Waals surface area contributed by atoms with Crippen LogP contribution in [0.2, 0.25) is 0 Å². The molecule has 0 spiro atoms. The Bertz CT molecular complexity index is 814. The maximum absolute atomic E-state index is 12.6. The fourth-order valence-corrected chi connectivity index (χ4v) is 11.4. The second-order valence-electron chi connectivity index (χ2n) is 14.4. The summed E-state index contributed by atoms with van der Waals surface area (Å²) in [5.41, 5.74) is 2.20. The van der Waals surface area contributed by atoms with E-state index in [1.54, 1.807) is 0 Å². The summed E-state index contributed by atoms with van der Waals surface area (Å²) in [4.78, 5) is 12.6. The molecule has 0 bridgehead atoms. The number of rotatable bonds is 2. The third-order valence-electron chi connectivity index (χ3n) is 13.3. The number of hydrogen-bond donors (Lipinski definition) is 1. The SMILES string of the molecule is C=C(C)[C@@H]1CC[C@]2(C=O)CC[C@]3(C)C(CC[C@@H]4[C@@]5(C)CC[C@H](O)C(C)(C)[C@@H]5CC[C@]43C)[C@@H]12. The van der Waals surface area contributed by atoms with Crippen LogP contribution < -0.4 is 0 Å². The zero-order valence-corrected chi connectivity index (χ0v) is 21.7. The van der Waals surface area contributed by atoms with Crippen LogP contribution in [0, 0.1) is 56.7 Å². The first kappa shape index (κ1) is 23.1. The number of aliphatic hydroxyl groups is 1. The minimum atomic E-state index is -0.158. The van der Waals surface area contributed by atoms with E-state index in [0.29, 0.717) is 39.9 Å². The largest absolute Gasteiger partial charge is 0.393 e. The number of allylic oxidation sites excluding steroid dienone is 1. The van der Waals surface area contributed by atoms with Gasteiger partial charge in [-0.1, -0.05) is 46.8 Å². The van der Waals surface area contributed by atoms with Gasteiger partial charge >= 0.3 is 0 Å². The first-order chi connectivity index (χ1) is 14.9. The van der Waals surface area contributed by atoms with E-state index in [4.69, 9.17) is 0 Å². The number of carbonyl (C=O) groups excluding carboxylic acids is 1. The first-order valence-electron chi connectivity index (χ1n) is 13.7. The molecule has 5 aliphatic carbocycles. The predicted octanol–water partition coefficient (Wildman–Crippen LogP) is 7.20. The lowest BCUT2D eigenvalue weighted by atomic mass is 9.32. The first-order valence-corrected chi connectivity index (χ1v) is 13.7. The van der Waals surface area contributed by atoms with Crippen LogP contribution in [-0.4, -0.2) is 17.5 Å². The molecule has 5 saturated carbocycles. The van der Waals surface area contributed by atoms with Gasteiger partial charge < -0.3 is 9.90 Å². The van der Waals surface area contributed by atoms with Gasteiger partial charge in [0.1, 0.15) is 6.29 Å². The summed E-state index contributed by atoms with van der Waals surface area (Å²) in [6.07, 6.45) is 13.1. The fourth-order valence-electron chi connectivity index (χ4n) is 11.4. The van der Waals surface area contributed by atoms with Crippen molar-refractivity contribution < 1.29 is 9.90 Å². The van der Waals surface area contributed by atoms with Crippen molar-refractivity contribution >= 4 is 6.29 Å². The zero-order valence-electron chi connectivity index (χ0n) is 21.7. The lowest BCUT2D eigenvalue weighted by Crippen LogP contribution is -2.66. The van der Waals surface area contributed by atoms with Gasteiger partial charge in [0.2, 0.25) is 0 Å². The van der Waals surface area contributed by atoms with Gasteiger partial charge in [0.05, 0.1) is 6.10 Å². The van der Waals surface area contributed by atoms with Crippen LogP contribution in [0.3, 0.4) is 0 Å². The van der Waals surface area contributed by atoms with E-state index in [1.807, 2.05) is 0 Å². The Morgan fingerprint density at radius 3 is 2.22 bits per heavy atom. The highest BCUT2D eigenvalue weighted by molar-refractivity contribution is 5.62. The van der Waals surface area contributed by atoms with Gasteiger partial charge in [-0.15, -0.1) is 0 Å². The number of carbonyl (C=O) groups is 1. The van der Waals surface area contributed by atoms with Gasteiger partial charge in [-0.3, -0.25) is 0 Å². The molecule has 1 N–H and O–H groups in total. The average Bonchev–Trinajstić information content (AvgIpc) is 3.12. The van der Waals surface area contributed by atoms with Gasteiger partial charge in [0.25, 0.3) is 0 Å². The predicted molar refractivity (Wildman–Crippen MR) is 131 cm³/mol. The van der Waals surface area contributed by atoms with Crippen molar-refractivity contribution in [1.29, 1.82) is 0 Å². The zero-order chi connectivity index (χ0) is 23.3. The molecule has 0 amide bonds. The summed E-state index contributed by atoms with van der Waals surface area (Å²) in [5, 5.41) is 10.9. The Balaban J connectivity index is 1.56. The number of aldehydes is 1. The molecular weight excluding hydrogens is 392 g/mol. The molecule has 0 radical (unpaired) electrons. The van der Waals surface area contributed by atoms with Crippen molar-refractivity contribution in [1.82, 2.24) is 0 Å². The summed E-state index contributed by atoms with van der Waals surface area (Å²) in [6.45, 7) is 19.2. The minimum absolute atomic E-state index is 0.0157. The lowest BCUT2D eigenvalue weighted by molar-refractivity contribution is -0.245.